The highest BCUT2D eigenvalue weighted by molar-refractivity contribution is 4.86. The summed E-state index contributed by atoms with van der Waals surface area (Å²) in [7, 11) is 0. The fourth-order valence-corrected chi connectivity index (χ4v) is 2.55. The fraction of sp³-hybridized carbons (Fsp3) is 1.00. The van der Waals surface area contributed by atoms with Crippen molar-refractivity contribution in [2.45, 2.75) is 52.5 Å². The van der Waals surface area contributed by atoms with Gasteiger partial charge < -0.3 is 10.2 Å². The van der Waals surface area contributed by atoms with Crippen LogP contribution in [-0.4, -0.2) is 37.1 Å². The maximum atomic E-state index is 3.71. The minimum absolute atomic E-state index is 0.391. The number of hydrogen-bond acceptors (Lipinski definition) is 2. The number of nitrogens with zero attached hydrogens (tertiary/aromatic N) is 1. The molecular weight excluding hydrogens is 196 g/mol. The van der Waals surface area contributed by atoms with Crippen LogP contribution in [0.15, 0.2) is 0 Å². The molecule has 1 saturated carbocycles. The van der Waals surface area contributed by atoms with E-state index in [1.807, 2.05) is 0 Å². The van der Waals surface area contributed by atoms with E-state index in [0.717, 1.165) is 5.92 Å². The van der Waals surface area contributed by atoms with Crippen molar-refractivity contribution < 1.29 is 0 Å². The quantitative estimate of drug-likeness (QED) is 0.792. The maximum absolute atomic E-state index is 3.71. The third-order valence-corrected chi connectivity index (χ3v) is 4.08. The van der Waals surface area contributed by atoms with Gasteiger partial charge in [0.2, 0.25) is 0 Å². The monoisotopic (exact) mass is 224 g/mol. The second kappa shape index (κ2) is 5.05. The normalized spacial score (nSPS) is 29.1. The molecule has 1 heterocycles. The molecule has 1 aliphatic carbocycles. The smallest absolute Gasteiger partial charge is 0.0243 e. The Morgan fingerprint density at radius 3 is 2.62 bits per heavy atom. The van der Waals surface area contributed by atoms with Crippen LogP contribution in [0, 0.1) is 11.3 Å². The molecule has 0 amide bonds. The van der Waals surface area contributed by atoms with E-state index in [-0.39, 0.29) is 0 Å². The number of rotatable bonds is 3. The minimum atomic E-state index is 0.391. The highest BCUT2D eigenvalue weighted by atomic mass is 15.2. The van der Waals surface area contributed by atoms with Gasteiger partial charge in [-0.15, -0.1) is 0 Å². The second-order valence-corrected chi connectivity index (χ2v) is 6.76. The molecular formula is C14H28N2. The summed E-state index contributed by atoms with van der Waals surface area (Å²) in [5.41, 5.74) is 0.391. The molecule has 0 bridgehead atoms. The zero-order valence-electron chi connectivity index (χ0n) is 11.3. The first-order valence-electron chi connectivity index (χ1n) is 7.01. The lowest BCUT2D eigenvalue weighted by Crippen LogP contribution is -2.46. The predicted molar refractivity (Wildman–Crippen MR) is 69.6 cm³/mol. The van der Waals surface area contributed by atoms with Gasteiger partial charge in [-0.05, 0) is 43.8 Å². The third-order valence-electron chi connectivity index (χ3n) is 4.08. The molecule has 2 rings (SSSR count). The zero-order valence-corrected chi connectivity index (χ0v) is 11.3. The van der Waals surface area contributed by atoms with Crippen LogP contribution < -0.4 is 5.32 Å². The van der Waals surface area contributed by atoms with Gasteiger partial charge in [0, 0.05) is 12.6 Å². The molecule has 2 heteroatoms. The summed E-state index contributed by atoms with van der Waals surface area (Å²) in [6.07, 6.45) is 5.75. The van der Waals surface area contributed by atoms with E-state index in [1.165, 1.54) is 51.9 Å². The van der Waals surface area contributed by atoms with E-state index >= 15 is 0 Å². The van der Waals surface area contributed by atoms with Gasteiger partial charge in [0.15, 0.2) is 0 Å². The van der Waals surface area contributed by atoms with Gasteiger partial charge in [0.25, 0.3) is 0 Å². The molecule has 2 nitrogen and oxygen atoms in total. The van der Waals surface area contributed by atoms with Crippen LogP contribution in [0.4, 0.5) is 0 Å². The standard InChI is InChI=1S/C14H28N2/c1-14(2,3)13-11-16(9-4-8-15-13)10-7-12-5-6-12/h12-13,15H,4-11H2,1-3H3. The Kier molecular flexibility index (Phi) is 3.91. The van der Waals surface area contributed by atoms with Crippen LogP contribution in [-0.2, 0) is 0 Å². The van der Waals surface area contributed by atoms with Gasteiger partial charge in [-0.3, -0.25) is 0 Å². The second-order valence-electron chi connectivity index (χ2n) is 6.76. The molecule has 2 aliphatic rings. The zero-order chi connectivity index (χ0) is 11.6. The average Bonchev–Trinajstić information content (AvgIpc) is 3.01. The van der Waals surface area contributed by atoms with Gasteiger partial charge in [-0.1, -0.05) is 33.6 Å². The first-order chi connectivity index (χ1) is 7.55. The number of nitrogens with one attached hydrogen (secondary N) is 1. The molecule has 1 atom stereocenters. The Labute approximate surface area is 101 Å². The predicted octanol–water partition coefficient (Wildman–Crippen LogP) is 2.50. The topological polar surface area (TPSA) is 15.3 Å². The van der Waals surface area contributed by atoms with Gasteiger partial charge in [0.05, 0.1) is 0 Å². The van der Waals surface area contributed by atoms with E-state index in [2.05, 4.69) is 31.0 Å². The summed E-state index contributed by atoms with van der Waals surface area (Å²) in [5.74, 6) is 1.07. The van der Waals surface area contributed by atoms with E-state index in [4.69, 9.17) is 0 Å². The van der Waals surface area contributed by atoms with Crippen molar-refractivity contribution in [3.63, 3.8) is 0 Å². The first-order valence-corrected chi connectivity index (χ1v) is 7.01. The summed E-state index contributed by atoms with van der Waals surface area (Å²) in [6.45, 7) is 12.1. The molecule has 0 aromatic rings. The van der Waals surface area contributed by atoms with Crippen LogP contribution in [0.3, 0.4) is 0 Å². The fourth-order valence-electron chi connectivity index (χ4n) is 2.55. The van der Waals surface area contributed by atoms with Crippen molar-refractivity contribution in [1.29, 1.82) is 0 Å². The van der Waals surface area contributed by atoms with Crippen LogP contribution >= 0.6 is 0 Å². The van der Waals surface area contributed by atoms with E-state index in [0.29, 0.717) is 11.5 Å². The van der Waals surface area contributed by atoms with Crippen LogP contribution in [0.5, 0.6) is 0 Å². The van der Waals surface area contributed by atoms with Crippen molar-refractivity contribution in [2.75, 3.05) is 26.2 Å². The summed E-state index contributed by atoms with van der Waals surface area (Å²) in [4.78, 5) is 2.69. The molecule has 1 aliphatic heterocycles. The summed E-state index contributed by atoms with van der Waals surface area (Å²) < 4.78 is 0. The molecule has 0 aromatic heterocycles. The summed E-state index contributed by atoms with van der Waals surface area (Å²) in [5, 5.41) is 3.71. The van der Waals surface area contributed by atoms with Crippen molar-refractivity contribution in [2.24, 2.45) is 11.3 Å². The van der Waals surface area contributed by atoms with Crippen molar-refractivity contribution in [3.8, 4) is 0 Å². The Hall–Kier alpha value is -0.0800. The van der Waals surface area contributed by atoms with Crippen molar-refractivity contribution >= 4 is 0 Å². The molecule has 1 N–H and O–H groups in total. The maximum Gasteiger partial charge on any atom is 0.0243 e. The minimum Gasteiger partial charge on any atom is -0.312 e. The highest BCUT2D eigenvalue weighted by Gasteiger charge is 2.29. The van der Waals surface area contributed by atoms with Gasteiger partial charge in [0.1, 0.15) is 0 Å². The molecule has 0 aromatic carbocycles. The summed E-state index contributed by atoms with van der Waals surface area (Å²) >= 11 is 0. The van der Waals surface area contributed by atoms with Crippen LogP contribution in [0.25, 0.3) is 0 Å². The molecule has 94 valence electrons. The molecule has 16 heavy (non-hydrogen) atoms. The van der Waals surface area contributed by atoms with Gasteiger partial charge >= 0.3 is 0 Å². The first kappa shape index (κ1) is 12.4. The van der Waals surface area contributed by atoms with Crippen LogP contribution in [0.2, 0.25) is 0 Å². The Morgan fingerprint density at radius 1 is 1.25 bits per heavy atom. The van der Waals surface area contributed by atoms with Gasteiger partial charge in [-0.2, -0.15) is 0 Å². The molecule has 1 saturated heterocycles. The highest BCUT2D eigenvalue weighted by Crippen LogP contribution is 2.32. The molecule has 2 fully saturated rings. The number of hydrogen-bond donors (Lipinski definition) is 1. The molecule has 1 unspecified atom stereocenters. The lowest BCUT2D eigenvalue weighted by atomic mass is 9.86. The Morgan fingerprint density at radius 2 is 2.00 bits per heavy atom. The lowest BCUT2D eigenvalue weighted by molar-refractivity contribution is 0.194. The molecule has 0 spiro atoms. The SMILES string of the molecule is CC(C)(C)C1CN(CCC2CC2)CCCN1. The Balaban J connectivity index is 1.81. The van der Waals surface area contributed by atoms with E-state index in [1.54, 1.807) is 0 Å². The van der Waals surface area contributed by atoms with Gasteiger partial charge in [-0.25, -0.2) is 0 Å². The van der Waals surface area contributed by atoms with E-state index < -0.39 is 0 Å². The summed E-state index contributed by atoms with van der Waals surface area (Å²) in [6, 6.07) is 0.661. The van der Waals surface area contributed by atoms with Crippen LogP contribution in [0.1, 0.15) is 46.5 Å². The lowest BCUT2D eigenvalue weighted by Gasteiger charge is -2.33. The van der Waals surface area contributed by atoms with Crippen molar-refractivity contribution in [3.05, 3.63) is 0 Å². The van der Waals surface area contributed by atoms with E-state index in [9.17, 15) is 0 Å². The van der Waals surface area contributed by atoms with Crippen molar-refractivity contribution in [1.82, 2.24) is 10.2 Å². The third kappa shape index (κ3) is 3.74. The average molecular weight is 224 g/mol. The molecule has 0 radical (unpaired) electrons. The Bertz CT molecular complexity index is 215. The largest absolute Gasteiger partial charge is 0.312 e.